The summed E-state index contributed by atoms with van der Waals surface area (Å²) in [5.41, 5.74) is 1.19. The average Bonchev–Trinajstić information content (AvgIpc) is 3.05. The molecule has 0 spiro atoms. The molecule has 1 saturated heterocycles. The van der Waals surface area contributed by atoms with Crippen LogP contribution in [0.5, 0.6) is 0 Å². The van der Waals surface area contributed by atoms with Gasteiger partial charge >= 0.3 is 0 Å². The fourth-order valence-corrected chi connectivity index (χ4v) is 2.87. The number of hydrogen-bond acceptors (Lipinski definition) is 3. The van der Waals surface area contributed by atoms with Crippen LogP contribution < -0.4 is 5.32 Å². The predicted octanol–water partition coefficient (Wildman–Crippen LogP) is 1.73. The third kappa shape index (κ3) is 3.95. The predicted molar refractivity (Wildman–Crippen MR) is 85.2 cm³/mol. The standard InChI is InChI=1S/C17H22N4O/c22-17-7-6-15(18-9-8-16-19-10-11-20-16)13-21(17)12-14-4-2-1-3-5-14/h1-5,10-11,15,18H,6-9,12-13H2,(H,19,20)/t15-/m0/s1. The van der Waals surface area contributed by atoms with Gasteiger partial charge in [0, 0.05) is 50.9 Å². The summed E-state index contributed by atoms with van der Waals surface area (Å²) in [5.74, 6) is 1.26. The molecule has 5 nitrogen and oxygen atoms in total. The van der Waals surface area contributed by atoms with Gasteiger partial charge in [0.2, 0.25) is 5.91 Å². The van der Waals surface area contributed by atoms with E-state index in [0.717, 1.165) is 31.8 Å². The number of carbonyl (C=O) groups excluding carboxylic acids is 1. The molecule has 1 aliphatic rings. The quantitative estimate of drug-likeness (QED) is 0.854. The second-order valence-corrected chi connectivity index (χ2v) is 5.74. The van der Waals surface area contributed by atoms with Crippen LogP contribution in [-0.2, 0) is 17.8 Å². The summed E-state index contributed by atoms with van der Waals surface area (Å²) >= 11 is 0. The molecule has 1 fully saturated rings. The molecule has 1 aliphatic heterocycles. The third-order valence-corrected chi connectivity index (χ3v) is 4.07. The maximum absolute atomic E-state index is 12.1. The Morgan fingerprint density at radius 3 is 2.95 bits per heavy atom. The van der Waals surface area contributed by atoms with Crippen molar-refractivity contribution >= 4 is 5.91 Å². The fraction of sp³-hybridized carbons (Fsp3) is 0.412. The summed E-state index contributed by atoms with van der Waals surface area (Å²) in [6.07, 6.45) is 6.05. The van der Waals surface area contributed by atoms with E-state index in [4.69, 9.17) is 0 Å². The van der Waals surface area contributed by atoms with E-state index in [-0.39, 0.29) is 5.91 Å². The van der Waals surface area contributed by atoms with Gasteiger partial charge < -0.3 is 15.2 Å². The Morgan fingerprint density at radius 2 is 2.18 bits per heavy atom. The molecule has 0 unspecified atom stereocenters. The molecule has 1 atom stereocenters. The Kier molecular flexibility index (Phi) is 4.85. The molecule has 2 aromatic rings. The van der Waals surface area contributed by atoms with E-state index in [9.17, 15) is 4.79 Å². The van der Waals surface area contributed by atoms with Gasteiger partial charge in [-0.2, -0.15) is 0 Å². The SMILES string of the molecule is O=C1CC[C@H](NCCc2ncc[nH]2)CN1Cc1ccccc1. The van der Waals surface area contributed by atoms with Crippen molar-refractivity contribution in [1.82, 2.24) is 20.2 Å². The number of imidazole rings is 1. The molecule has 0 saturated carbocycles. The first-order valence-electron chi connectivity index (χ1n) is 7.84. The lowest BCUT2D eigenvalue weighted by molar-refractivity contribution is -0.134. The van der Waals surface area contributed by atoms with Gasteiger partial charge in [0.05, 0.1) is 0 Å². The second-order valence-electron chi connectivity index (χ2n) is 5.74. The maximum atomic E-state index is 12.1. The lowest BCUT2D eigenvalue weighted by atomic mass is 10.0. The Balaban J connectivity index is 1.49. The molecule has 3 rings (SSSR count). The number of carbonyl (C=O) groups is 1. The lowest BCUT2D eigenvalue weighted by Gasteiger charge is -2.33. The van der Waals surface area contributed by atoms with Crippen molar-refractivity contribution in [3.05, 3.63) is 54.1 Å². The van der Waals surface area contributed by atoms with Crippen LogP contribution in [0.25, 0.3) is 0 Å². The molecule has 5 heteroatoms. The second kappa shape index (κ2) is 7.22. The number of aromatic nitrogens is 2. The zero-order valence-corrected chi connectivity index (χ0v) is 12.7. The van der Waals surface area contributed by atoms with Crippen LogP contribution in [0.2, 0.25) is 0 Å². The van der Waals surface area contributed by atoms with Gasteiger partial charge in [0.25, 0.3) is 0 Å². The van der Waals surface area contributed by atoms with Crippen LogP contribution in [0, 0.1) is 0 Å². The topological polar surface area (TPSA) is 61.0 Å². The van der Waals surface area contributed by atoms with Crippen LogP contribution in [0.1, 0.15) is 24.2 Å². The van der Waals surface area contributed by atoms with Crippen molar-refractivity contribution in [3.8, 4) is 0 Å². The lowest BCUT2D eigenvalue weighted by Crippen LogP contribution is -2.48. The molecule has 0 bridgehead atoms. The molecule has 1 aromatic heterocycles. The van der Waals surface area contributed by atoms with Gasteiger partial charge in [-0.15, -0.1) is 0 Å². The number of nitrogens with one attached hydrogen (secondary N) is 2. The Labute approximate surface area is 130 Å². The summed E-state index contributed by atoms with van der Waals surface area (Å²) in [6, 6.07) is 10.5. The van der Waals surface area contributed by atoms with Crippen molar-refractivity contribution < 1.29 is 4.79 Å². The van der Waals surface area contributed by atoms with E-state index in [1.807, 2.05) is 29.3 Å². The summed E-state index contributed by atoms with van der Waals surface area (Å²) in [6.45, 7) is 2.37. The highest BCUT2D eigenvalue weighted by Gasteiger charge is 2.25. The molecular weight excluding hydrogens is 276 g/mol. The van der Waals surface area contributed by atoms with Crippen LogP contribution in [0.15, 0.2) is 42.7 Å². The number of aromatic amines is 1. The summed E-state index contributed by atoms with van der Waals surface area (Å²) in [4.78, 5) is 21.4. The van der Waals surface area contributed by atoms with E-state index in [1.165, 1.54) is 5.56 Å². The van der Waals surface area contributed by atoms with Gasteiger partial charge in [0.1, 0.15) is 5.82 Å². The zero-order chi connectivity index (χ0) is 15.2. The minimum Gasteiger partial charge on any atom is -0.349 e. The smallest absolute Gasteiger partial charge is 0.222 e. The highest BCUT2D eigenvalue weighted by Crippen LogP contribution is 2.15. The molecule has 116 valence electrons. The Morgan fingerprint density at radius 1 is 1.32 bits per heavy atom. The third-order valence-electron chi connectivity index (χ3n) is 4.07. The number of rotatable bonds is 6. The van der Waals surface area contributed by atoms with E-state index in [1.54, 1.807) is 6.20 Å². The van der Waals surface area contributed by atoms with Crippen molar-refractivity contribution in [1.29, 1.82) is 0 Å². The first-order chi connectivity index (χ1) is 10.8. The van der Waals surface area contributed by atoms with E-state index >= 15 is 0 Å². The first kappa shape index (κ1) is 14.8. The van der Waals surface area contributed by atoms with Crippen molar-refractivity contribution in [2.45, 2.75) is 31.8 Å². The summed E-state index contributed by atoms with van der Waals surface area (Å²) in [5, 5.41) is 3.54. The molecule has 0 radical (unpaired) electrons. The Hall–Kier alpha value is -2.14. The molecule has 0 aliphatic carbocycles. The highest BCUT2D eigenvalue weighted by molar-refractivity contribution is 5.77. The van der Waals surface area contributed by atoms with Gasteiger partial charge in [-0.3, -0.25) is 4.79 Å². The number of nitrogens with zero attached hydrogens (tertiary/aromatic N) is 2. The normalized spacial score (nSPS) is 18.6. The van der Waals surface area contributed by atoms with Gasteiger partial charge in [-0.1, -0.05) is 30.3 Å². The maximum Gasteiger partial charge on any atom is 0.222 e. The molecule has 1 aromatic carbocycles. The fourth-order valence-electron chi connectivity index (χ4n) is 2.87. The number of H-pyrrole nitrogens is 1. The van der Waals surface area contributed by atoms with Crippen molar-refractivity contribution in [2.24, 2.45) is 0 Å². The number of amides is 1. The number of piperidine rings is 1. The molecule has 2 N–H and O–H groups in total. The average molecular weight is 298 g/mol. The van der Waals surface area contributed by atoms with Gasteiger partial charge in [0.15, 0.2) is 0 Å². The van der Waals surface area contributed by atoms with E-state index in [0.29, 0.717) is 19.0 Å². The van der Waals surface area contributed by atoms with Crippen molar-refractivity contribution in [2.75, 3.05) is 13.1 Å². The van der Waals surface area contributed by atoms with Crippen LogP contribution in [-0.4, -0.2) is 39.9 Å². The molecule has 22 heavy (non-hydrogen) atoms. The molecule has 1 amide bonds. The summed E-state index contributed by atoms with van der Waals surface area (Å²) in [7, 11) is 0. The first-order valence-corrected chi connectivity index (χ1v) is 7.84. The monoisotopic (exact) mass is 298 g/mol. The minimum atomic E-state index is 0.257. The van der Waals surface area contributed by atoms with Crippen molar-refractivity contribution in [3.63, 3.8) is 0 Å². The van der Waals surface area contributed by atoms with Crippen LogP contribution >= 0.6 is 0 Å². The van der Waals surface area contributed by atoms with E-state index < -0.39 is 0 Å². The van der Waals surface area contributed by atoms with Gasteiger partial charge in [-0.25, -0.2) is 4.98 Å². The summed E-state index contributed by atoms with van der Waals surface area (Å²) < 4.78 is 0. The minimum absolute atomic E-state index is 0.257. The molecular formula is C17H22N4O. The number of likely N-dealkylation sites (tertiary alicyclic amines) is 1. The Bertz CT molecular complexity index is 582. The molecule has 2 heterocycles. The van der Waals surface area contributed by atoms with Gasteiger partial charge in [-0.05, 0) is 12.0 Å². The number of hydrogen-bond donors (Lipinski definition) is 2. The van der Waals surface area contributed by atoms with Crippen LogP contribution in [0.3, 0.4) is 0 Å². The largest absolute Gasteiger partial charge is 0.349 e. The van der Waals surface area contributed by atoms with Crippen LogP contribution in [0.4, 0.5) is 0 Å². The highest BCUT2D eigenvalue weighted by atomic mass is 16.2. The van der Waals surface area contributed by atoms with E-state index in [2.05, 4.69) is 27.4 Å². The zero-order valence-electron chi connectivity index (χ0n) is 12.7. The number of benzene rings is 1.